The highest BCUT2D eigenvalue weighted by atomic mass is 32.2. The molecule has 2 saturated carbocycles. The van der Waals surface area contributed by atoms with Gasteiger partial charge in [0, 0.05) is 32.2 Å². The Morgan fingerprint density at radius 1 is 1.09 bits per heavy atom. The van der Waals surface area contributed by atoms with E-state index in [4.69, 9.17) is 0 Å². The monoisotopic (exact) mass is 327 g/mol. The molecule has 1 N–H and O–H groups in total. The van der Waals surface area contributed by atoms with Gasteiger partial charge in [-0.3, -0.25) is 0 Å². The van der Waals surface area contributed by atoms with Crippen molar-refractivity contribution in [3.05, 3.63) is 0 Å². The van der Waals surface area contributed by atoms with Crippen LogP contribution in [0.1, 0.15) is 38.5 Å². The lowest BCUT2D eigenvalue weighted by Crippen LogP contribution is -2.56. The molecule has 0 spiro atoms. The molecule has 2 amide bonds. The van der Waals surface area contributed by atoms with Crippen molar-refractivity contribution in [2.24, 2.45) is 11.8 Å². The van der Waals surface area contributed by atoms with Gasteiger partial charge in [-0.1, -0.05) is 12.8 Å². The van der Waals surface area contributed by atoms with Crippen LogP contribution >= 0.6 is 0 Å². The molecule has 2 heterocycles. The van der Waals surface area contributed by atoms with Crippen molar-refractivity contribution in [1.82, 2.24) is 14.5 Å². The normalized spacial score (nSPS) is 39.5. The van der Waals surface area contributed by atoms with E-state index in [2.05, 4.69) is 5.32 Å². The molecule has 4 aliphatic rings. The SMILES string of the molecule is O=C1NCCN1C1CCCN(S(=O)(=O)C2CC3CCCC32)C1. The third kappa shape index (κ3) is 2.24. The molecule has 0 aromatic rings. The van der Waals surface area contributed by atoms with Gasteiger partial charge in [-0.05, 0) is 37.5 Å². The summed E-state index contributed by atoms with van der Waals surface area (Å²) >= 11 is 0. The quantitative estimate of drug-likeness (QED) is 0.840. The Kier molecular flexibility index (Phi) is 3.60. The van der Waals surface area contributed by atoms with Crippen LogP contribution in [0.5, 0.6) is 0 Å². The third-order valence-corrected chi connectivity index (χ3v) is 8.52. The van der Waals surface area contributed by atoms with Crippen LogP contribution in [0.4, 0.5) is 4.79 Å². The molecule has 2 aliphatic heterocycles. The molecule has 22 heavy (non-hydrogen) atoms. The first kappa shape index (κ1) is 14.8. The van der Waals surface area contributed by atoms with Gasteiger partial charge in [0.15, 0.2) is 0 Å². The standard InChI is InChI=1S/C15H25N3O3S/c19-15-16-6-8-18(15)12-4-2-7-17(10-12)22(20,21)14-9-11-3-1-5-13(11)14/h11-14H,1-10H2,(H,16,19). The van der Waals surface area contributed by atoms with Crippen molar-refractivity contribution >= 4 is 16.1 Å². The summed E-state index contributed by atoms with van der Waals surface area (Å²) in [5.41, 5.74) is 0. The number of amides is 2. The average molecular weight is 327 g/mol. The van der Waals surface area contributed by atoms with E-state index in [1.807, 2.05) is 4.90 Å². The summed E-state index contributed by atoms with van der Waals surface area (Å²) in [6.07, 6.45) is 6.12. The van der Waals surface area contributed by atoms with Gasteiger partial charge in [-0.2, -0.15) is 4.31 Å². The number of fused-ring (bicyclic) bond motifs is 1. The molecule has 0 bridgehead atoms. The summed E-state index contributed by atoms with van der Waals surface area (Å²) in [6.45, 7) is 2.49. The molecule has 6 nitrogen and oxygen atoms in total. The van der Waals surface area contributed by atoms with Crippen molar-refractivity contribution < 1.29 is 13.2 Å². The molecular weight excluding hydrogens is 302 g/mol. The fourth-order valence-electron chi connectivity index (χ4n) is 4.90. The maximum absolute atomic E-state index is 13.0. The van der Waals surface area contributed by atoms with Gasteiger partial charge in [0.05, 0.1) is 5.25 Å². The first-order chi connectivity index (χ1) is 10.6. The van der Waals surface area contributed by atoms with Crippen LogP contribution in [-0.2, 0) is 10.0 Å². The highest BCUT2D eigenvalue weighted by Gasteiger charge is 2.52. The Morgan fingerprint density at radius 3 is 2.68 bits per heavy atom. The van der Waals surface area contributed by atoms with Gasteiger partial charge in [0.2, 0.25) is 10.0 Å². The average Bonchev–Trinajstić information content (AvgIpc) is 3.05. The Hall–Kier alpha value is -0.820. The van der Waals surface area contributed by atoms with Gasteiger partial charge >= 0.3 is 6.03 Å². The second-order valence-corrected chi connectivity index (χ2v) is 9.41. The predicted molar refractivity (Wildman–Crippen MR) is 82.9 cm³/mol. The number of nitrogens with zero attached hydrogens (tertiary/aromatic N) is 2. The zero-order chi connectivity index (χ0) is 15.3. The molecule has 2 saturated heterocycles. The molecule has 0 aromatic heterocycles. The highest BCUT2D eigenvalue weighted by molar-refractivity contribution is 7.89. The van der Waals surface area contributed by atoms with Gasteiger partial charge in [0.25, 0.3) is 0 Å². The second kappa shape index (κ2) is 5.37. The number of carbonyl (C=O) groups is 1. The number of piperidine rings is 1. The van der Waals surface area contributed by atoms with Crippen LogP contribution in [0.2, 0.25) is 0 Å². The molecule has 0 radical (unpaired) electrons. The highest BCUT2D eigenvalue weighted by Crippen LogP contribution is 2.50. The molecule has 2 aliphatic carbocycles. The molecule has 7 heteroatoms. The minimum Gasteiger partial charge on any atom is -0.336 e. The van der Waals surface area contributed by atoms with E-state index in [0.29, 0.717) is 38.0 Å². The molecule has 4 atom stereocenters. The van der Waals surface area contributed by atoms with Crippen LogP contribution in [0, 0.1) is 11.8 Å². The van der Waals surface area contributed by atoms with Gasteiger partial charge in [0.1, 0.15) is 0 Å². The fraction of sp³-hybridized carbons (Fsp3) is 0.933. The zero-order valence-corrected chi connectivity index (χ0v) is 13.7. The minimum atomic E-state index is -3.18. The second-order valence-electron chi connectivity index (χ2n) is 7.25. The molecule has 4 unspecified atom stereocenters. The predicted octanol–water partition coefficient (Wildman–Crippen LogP) is 0.994. The number of sulfonamides is 1. The van der Waals surface area contributed by atoms with Crippen molar-refractivity contribution in [3.63, 3.8) is 0 Å². The van der Waals surface area contributed by atoms with Crippen LogP contribution in [0.25, 0.3) is 0 Å². The van der Waals surface area contributed by atoms with Gasteiger partial charge in [-0.25, -0.2) is 13.2 Å². The van der Waals surface area contributed by atoms with E-state index in [9.17, 15) is 13.2 Å². The number of carbonyl (C=O) groups excluding carboxylic acids is 1. The number of nitrogens with one attached hydrogen (secondary N) is 1. The van der Waals surface area contributed by atoms with E-state index >= 15 is 0 Å². The maximum Gasteiger partial charge on any atom is 0.317 e. The van der Waals surface area contributed by atoms with Crippen molar-refractivity contribution in [2.45, 2.75) is 49.8 Å². The molecule has 0 aromatic carbocycles. The number of rotatable bonds is 3. The summed E-state index contributed by atoms with van der Waals surface area (Å²) in [4.78, 5) is 13.6. The number of hydrogen-bond donors (Lipinski definition) is 1. The third-order valence-electron chi connectivity index (χ3n) is 6.16. The maximum atomic E-state index is 13.0. The van der Waals surface area contributed by atoms with E-state index < -0.39 is 10.0 Å². The van der Waals surface area contributed by atoms with Crippen molar-refractivity contribution in [3.8, 4) is 0 Å². The lowest BCUT2D eigenvalue weighted by atomic mass is 9.76. The summed E-state index contributed by atoms with van der Waals surface area (Å²) in [6, 6.07) is 0.00854. The molecule has 4 fully saturated rings. The lowest BCUT2D eigenvalue weighted by Gasteiger charge is -2.44. The molecule has 124 valence electrons. The smallest absolute Gasteiger partial charge is 0.317 e. The Balaban J connectivity index is 1.46. The molecular formula is C15H25N3O3S. The van der Waals surface area contributed by atoms with Crippen molar-refractivity contribution in [1.29, 1.82) is 0 Å². The number of hydrogen-bond acceptors (Lipinski definition) is 3. The largest absolute Gasteiger partial charge is 0.336 e. The fourth-order valence-corrected chi connectivity index (χ4v) is 7.34. The molecule has 4 rings (SSSR count). The lowest BCUT2D eigenvalue weighted by molar-refractivity contribution is 0.157. The Morgan fingerprint density at radius 2 is 1.95 bits per heavy atom. The van der Waals surface area contributed by atoms with Crippen LogP contribution in [-0.4, -0.2) is 61.1 Å². The zero-order valence-electron chi connectivity index (χ0n) is 12.9. The van der Waals surface area contributed by atoms with E-state index in [0.717, 1.165) is 25.7 Å². The van der Waals surface area contributed by atoms with Crippen molar-refractivity contribution in [2.75, 3.05) is 26.2 Å². The summed E-state index contributed by atoms with van der Waals surface area (Å²) in [5.74, 6) is 1.06. The first-order valence-electron chi connectivity index (χ1n) is 8.61. The minimum absolute atomic E-state index is 0.0382. The van der Waals surface area contributed by atoms with E-state index in [-0.39, 0.29) is 17.3 Å². The van der Waals surface area contributed by atoms with Crippen LogP contribution < -0.4 is 5.32 Å². The Labute approximate surface area is 132 Å². The topological polar surface area (TPSA) is 69.7 Å². The summed E-state index contributed by atoms with van der Waals surface area (Å²) in [7, 11) is -3.18. The van der Waals surface area contributed by atoms with Gasteiger partial charge < -0.3 is 10.2 Å². The Bertz CT molecular complexity index is 564. The van der Waals surface area contributed by atoms with E-state index in [1.54, 1.807) is 4.31 Å². The van der Waals surface area contributed by atoms with Gasteiger partial charge in [-0.15, -0.1) is 0 Å². The summed E-state index contributed by atoms with van der Waals surface area (Å²) < 4.78 is 27.6. The van der Waals surface area contributed by atoms with Crippen LogP contribution in [0.15, 0.2) is 0 Å². The first-order valence-corrected chi connectivity index (χ1v) is 10.1. The number of urea groups is 1. The summed E-state index contributed by atoms with van der Waals surface area (Å²) in [5, 5.41) is 2.67. The van der Waals surface area contributed by atoms with E-state index in [1.165, 1.54) is 12.8 Å². The van der Waals surface area contributed by atoms with Crippen LogP contribution in [0.3, 0.4) is 0 Å².